The first-order valence-electron chi connectivity index (χ1n) is 12.1. The van der Waals surface area contributed by atoms with Gasteiger partial charge in [0.05, 0.1) is 30.0 Å². The Morgan fingerprint density at radius 1 is 1.05 bits per heavy atom. The summed E-state index contributed by atoms with van der Waals surface area (Å²) in [7, 11) is 3.20. The van der Waals surface area contributed by atoms with Gasteiger partial charge in [-0.2, -0.15) is 0 Å². The molecule has 0 spiro atoms. The predicted octanol–water partition coefficient (Wildman–Crippen LogP) is 5.29. The van der Waals surface area contributed by atoms with Crippen LogP contribution in [0.1, 0.15) is 18.4 Å². The quantitative estimate of drug-likeness (QED) is 0.243. The van der Waals surface area contributed by atoms with Crippen molar-refractivity contribution in [1.82, 2.24) is 20.6 Å². The number of ether oxygens (including phenoxy) is 2. The first-order chi connectivity index (χ1) is 17.9. The summed E-state index contributed by atoms with van der Waals surface area (Å²) < 4.78 is 10.6. The molecule has 1 aliphatic heterocycles. The van der Waals surface area contributed by atoms with E-state index in [9.17, 15) is 4.79 Å². The molecular formula is C27H30Cl2N4O3S. The minimum absolute atomic E-state index is 0.0251. The lowest BCUT2D eigenvalue weighted by Crippen LogP contribution is -2.31. The van der Waals surface area contributed by atoms with Gasteiger partial charge in [-0.05, 0) is 67.1 Å². The monoisotopic (exact) mass is 560 g/mol. The molecule has 4 rings (SSSR count). The molecule has 0 unspecified atom stereocenters. The third-order valence-corrected chi connectivity index (χ3v) is 7.93. The summed E-state index contributed by atoms with van der Waals surface area (Å²) >= 11 is 13.5. The van der Waals surface area contributed by atoms with Crippen LogP contribution in [0.2, 0.25) is 10.0 Å². The highest BCUT2D eigenvalue weighted by Gasteiger charge is 2.24. The number of aromatic nitrogens is 2. The topological polar surface area (TPSA) is 85.4 Å². The van der Waals surface area contributed by atoms with Gasteiger partial charge < -0.3 is 20.1 Å². The van der Waals surface area contributed by atoms with Crippen molar-refractivity contribution in [3.63, 3.8) is 0 Å². The second kappa shape index (κ2) is 13.3. The highest BCUT2D eigenvalue weighted by Crippen LogP contribution is 2.32. The summed E-state index contributed by atoms with van der Waals surface area (Å²) in [6.07, 6.45) is 6.42. The van der Waals surface area contributed by atoms with Crippen molar-refractivity contribution in [2.45, 2.75) is 30.5 Å². The number of hydrogen-bond donors (Lipinski definition) is 2. The minimum atomic E-state index is -0.0251. The number of methoxy groups -OCH3 is 2. The van der Waals surface area contributed by atoms with Crippen LogP contribution in [0.3, 0.4) is 0 Å². The first-order valence-corrected chi connectivity index (χ1v) is 13.8. The molecule has 1 aliphatic rings. The van der Waals surface area contributed by atoms with Gasteiger partial charge in [0.1, 0.15) is 0 Å². The normalized spacial score (nSPS) is 17.0. The number of thioether (sulfide) groups is 1. The summed E-state index contributed by atoms with van der Waals surface area (Å²) in [6, 6.07) is 11.9. The van der Waals surface area contributed by atoms with Gasteiger partial charge in [-0.15, -0.1) is 0 Å². The smallest absolute Gasteiger partial charge is 0.230 e. The molecule has 2 atom stereocenters. The number of benzene rings is 2. The number of carbonyl (C=O) groups is 1. The lowest BCUT2D eigenvalue weighted by Gasteiger charge is -2.12. The summed E-state index contributed by atoms with van der Waals surface area (Å²) in [4.78, 5) is 21.1. The molecule has 2 N–H and O–H groups in total. The molecule has 0 radical (unpaired) electrons. The highest BCUT2D eigenvalue weighted by molar-refractivity contribution is 7.99. The Hall–Kier alpha value is -2.52. The molecule has 3 aromatic rings. The largest absolute Gasteiger partial charge is 0.493 e. The number of amides is 1. The summed E-state index contributed by atoms with van der Waals surface area (Å²) in [5, 5.41) is 8.31. The fourth-order valence-electron chi connectivity index (χ4n) is 4.40. The average Bonchev–Trinajstić information content (AvgIpc) is 3.36. The van der Waals surface area contributed by atoms with Crippen LogP contribution in [0.4, 0.5) is 0 Å². The van der Waals surface area contributed by atoms with Crippen LogP contribution in [0.15, 0.2) is 53.9 Å². The Labute approximate surface area is 231 Å². The Morgan fingerprint density at radius 2 is 1.84 bits per heavy atom. The molecule has 2 heterocycles. The molecule has 196 valence electrons. The standard InChI is InChI=1S/C27H30Cl2N4O3S/c1-35-24-6-4-19(12-25(24)36-2)20-14-32-27(33-15-20)37-16-26(34)30-8-7-21-10-18(13-31-21)9-17-3-5-22(28)23(29)11-17/h3-6,11-12,14-15,18,21,31H,7-10,13,16H2,1-2H3,(H,30,34)/t18-,21-/m1/s1. The lowest BCUT2D eigenvalue weighted by molar-refractivity contribution is -0.118. The summed E-state index contributed by atoms with van der Waals surface area (Å²) in [5.41, 5.74) is 2.98. The van der Waals surface area contributed by atoms with Crippen LogP contribution < -0.4 is 20.1 Å². The third-order valence-electron chi connectivity index (χ3n) is 6.31. The van der Waals surface area contributed by atoms with Crippen molar-refractivity contribution >= 4 is 40.9 Å². The fourth-order valence-corrected chi connectivity index (χ4v) is 5.34. The summed E-state index contributed by atoms with van der Waals surface area (Å²) in [6.45, 7) is 1.60. The maximum atomic E-state index is 12.3. The van der Waals surface area contributed by atoms with Crippen molar-refractivity contribution in [3.8, 4) is 22.6 Å². The van der Waals surface area contributed by atoms with Gasteiger partial charge in [0, 0.05) is 30.5 Å². The zero-order valence-electron chi connectivity index (χ0n) is 20.8. The van der Waals surface area contributed by atoms with Gasteiger partial charge in [-0.3, -0.25) is 4.79 Å². The predicted molar refractivity (Wildman–Crippen MR) is 149 cm³/mol. The molecule has 1 saturated heterocycles. The number of hydrogen-bond acceptors (Lipinski definition) is 7. The zero-order chi connectivity index (χ0) is 26.2. The molecule has 0 aliphatic carbocycles. The number of nitrogens with zero attached hydrogens (tertiary/aromatic N) is 2. The van der Waals surface area contributed by atoms with Crippen LogP contribution in [-0.2, 0) is 11.2 Å². The first kappa shape index (κ1) is 27.5. The Balaban J connectivity index is 1.16. The van der Waals surface area contributed by atoms with E-state index in [2.05, 4.69) is 20.6 Å². The van der Waals surface area contributed by atoms with Gasteiger partial charge in [-0.25, -0.2) is 9.97 Å². The maximum Gasteiger partial charge on any atom is 0.230 e. The van der Waals surface area contributed by atoms with E-state index in [-0.39, 0.29) is 11.7 Å². The molecule has 1 aromatic heterocycles. The van der Waals surface area contributed by atoms with E-state index in [1.807, 2.05) is 36.4 Å². The van der Waals surface area contributed by atoms with E-state index < -0.39 is 0 Å². The van der Waals surface area contributed by atoms with Gasteiger partial charge in [-0.1, -0.05) is 47.1 Å². The Kier molecular flexibility index (Phi) is 9.91. The Morgan fingerprint density at radius 3 is 2.57 bits per heavy atom. The number of rotatable bonds is 11. The average molecular weight is 562 g/mol. The molecule has 0 bridgehead atoms. The van der Waals surface area contributed by atoms with Gasteiger partial charge >= 0.3 is 0 Å². The molecule has 1 amide bonds. The van der Waals surface area contributed by atoms with E-state index >= 15 is 0 Å². The van der Waals surface area contributed by atoms with Gasteiger partial charge in [0.25, 0.3) is 0 Å². The van der Waals surface area contributed by atoms with E-state index in [0.717, 1.165) is 36.9 Å². The van der Waals surface area contributed by atoms with E-state index in [1.165, 1.54) is 17.3 Å². The second-order valence-corrected chi connectivity index (χ2v) is 10.7. The second-order valence-electron chi connectivity index (χ2n) is 8.91. The SMILES string of the molecule is COc1ccc(-c2cnc(SCC(=O)NCC[C@@H]3C[C@@H](Cc4ccc(Cl)c(Cl)c4)CN3)nc2)cc1OC. The highest BCUT2D eigenvalue weighted by atomic mass is 35.5. The van der Waals surface area contributed by atoms with E-state index in [0.29, 0.717) is 45.2 Å². The maximum absolute atomic E-state index is 12.3. The van der Waals surface area contributed by atoms with Crippen LogP contribution >= 0.6 is 35.0 Å². The third kappa shape index (κ3) is 7.74. The van der Waals surface area contributed by atoms with Crippen molar-refractivity contribution in [2.24, 2.45) is 5.92 Å². The van der Waals surface area contributed by atoms with E-state index in [1.54, 1.807) is 26.6 Å². The molecule has 10 heteroatoms. The number of carbonyl (C=O) groups excluding carboxylic acids is 1. The molecule has 1 fully saturated rings. The van der Waals surface area contributed by atoms with Gasteiger partial charge in [0.15, 0.2) is 16.7 Å². The zero-order valence-corrected chi connectivity index (χ0v) is 23.1. The number of nitrogens with one attached hydrogen (secondary N) is 2. The van der Waals surface area contributed by atoms with Crippen molar-refractivity contribution in [3.05, 3.63) is 64.4 Å². The van der Waals surface area contributed by atoms with Crippen LogP contribution in [0.25, 0.3) is 11.1 Å². The van der Waals surface area contributed by atoms with Crippen molar-refractivity contribution in [1.29, 1.82) is 0 Å². The van der Waals surface area contributed by atoms with Crippen LogP contribution in [0.5, 0.6) is 11.5 Å². The Bertz CT molecular complexity index is 1210. The van der Waals surface area contributed by atoms with Crippen molar-refractivity contribution < 1.29 is 14.3 Å². The molecular weight excluding hydrogens is 531 g/mol. The molecule has 7 nitrogen and oxygen atoms in total. The molecule has 0 saturated carbocycles. The molecule has 37 heavy (non-hydrogen) atoms. The van der Waals surface area contributed by atoms with Crippen LogP contribution in [-0.4, -0.2) is 55.0 Å². The minimum Gasteiger partial charge on any atom is -0.493 e. The van der Waals surface area contributed by atoms with Gasteiger partial charge in [0.2, 0.25) is 5.91 Å². The number of halogens is 2. The lowest BCUT2D eigenvalue weighted by atomic mass is 9.96. The fraction of sp³-hybridized carbons (Fsp3) is 0.370. The molecule has 2 aromatic carbocycles. The van der Waals surface area contributed by atoms with Crippen LogP contribution in [0, 0.1) is 5.92 Å². The van der Waals surface area contributed by atoms with E-state index in [4.69, 9.17) is 32.7 Å². The summed E-state index contributed by atoms with van der Waals surface area (Å²) in [5.74, 6) is 2.10. The van der Waals surface area contributed by atoms with Crippen molar-refractivity contribution in [2.75, 3.05) is 33.1 Å².